The molecular formula is C21H24IN3O2. The molecular weight excluding hydrogens is 453 g/mol. The molecule has 1 fully saturated rings. The van der Waals surface area contributed by atoms with Gasteiger partial charge in [-0.1, -0.05) is 35.1 Å². The average molecular weight is 477 g/mol. The van der Waals surface area contributed by atoms with Crippen molar-refractivity contribution in [3.8, 4) is 11.6 Å². The van der Waals surface area contributed by atoms with Crippen molar-refractivity contribution in [1.82, 2.24) is 15.2 Å². The zero-order valence-electron chi connectivity index (χ0n) is 15.3. The summed E-state index contributed by atoms with van der Waals surface area (Å²) in [6.45, 7) is 2.31. The van der Waals surface area contributed by atoms with Crippen LogP contribution >= 0.6 is 22.6 Å². The molecule has 1 N–H and O–H groups in total. The summed E-state index contributed by atoms with van der Waals surface area (Å²) in [7, 11) is 0. The van der Waals surface area contributed by atoms with Crippen LogP contribution in [0.4, 0.5) is 0 Å². The number of ether oxygens (including phenoxy) is 1. The number of benzene rings is 1. The number of hydrogen-bond donors (Lipinski definition) is 1. The van der Waals surface area contributed by atoms with E-state index in [4.69, 9.17) is 4.74 Å². The fraction of sp³-hybridized carbons (Fsp3) is 0.429. The predicted octanol–water partition coefficient (Wildman–Crippen LogP) is 3.95. The fourth-order valence-electron chi connectivity index (χ4n) is 3.76. The molecule has 1 aliphatic heterocycles. The molecule has 1 aromatic carbocycles. The zero-order valence-corrected chi connectivity index (χ0v) is 17.4. The van der Waals surface area contributed by atoms with Crippen LogP contribution < -0.4 is 10.1 Å². The summed E-state index contributed by atoms with van der Waals surface area (Å²) in [5.74, 6) is 1.19. The van der Waals surface area contributed by atoms with Crippen LogP contribution in [0.2, 0.25) is 0 Å². The molecule has 1 aliphatic carbocycles. The number of aromatic nitrogens is 1. The van der Waals surface area contributed by atoms with Gasteiger partial charge in [0, 0.05) is 31.4 Å². The highest BCUT2D eigenvalue weighted by atomic mass is 127. The van der Waals surface area contributed by atoms with Gasteiger partial charge in [0.25, 0.3) is 5.91 Å². The Balaban J connectivity index is 1.42. The van der Waals surface area contributed by atoms with E-state index >= 15 is 0 Å². The summed E-state index contributed by atoms with van der Waals surface area (Å²) in [5.41, 5.74) is 3.35. The molecule has 2 heterocycles. The summed E-state index contributed by atoms with van der Waals surface area (Å²) in [6, 6.07) is 10.7. The van der Waals surface area contributed by atoms with Crippen LogP contribution in [0.15, 0.2) is 36.5 Å². The van der Waals surface area contributed by atoms with Crippen LogP contribution in [0.25, 0.3) is 0 Å². The number of alkyl halides is 1. The molecule has 1 aromatic heterocycles. The Bertz CT molecular complexity index is 806. The lowest BCUT2D eigenvalue weighted by Gasteiger charge is -2.36. The second kappa shape index (κ2) is 8.56. The van der Waals surface area contributed by atoms with E-state index in [1.165, 1.54) is 36.9 Å². The molecule has 0 bridgehead atoms. The van der Waals surface area contributed by atoms with Crippen molar-refractivity contribution >= 4 is 28.5 Å². The van der Waals surface area contributed by atoms with E-state index in [-0.39, 0.29) is 5.91 Å². The van der Waals surface area contributed by atoms with E-state index in [1.807, 2.05) is 6.07 Å². The van der Waals surface area contributed by atoms with E-state index in [0.717, 1.165) is 31.2 Å². The Kier molecular flexibility index (Phi) is 5.92. The number of hydrogen-bond acceptors (Lipinski definition) is 4. The van der Waals surface area contributed by atoms with E-state index in [0.29, 0.717) is 16.0 Å². The maximum Gasteiger partial charge on any atom is 0.253 e. The molecule has 1 amide bonds. The molecule has 27 heavy (non-hydrogen) atoms. The fourth-order valence-corrected chi connectivity index (χ4v) is 4.10. The van der Waals surface area contributed by atoms with Gasteiger partial charge >= 0.3 is 0 Å². The molecule has 4 rings (SSSR count). The van der Waals surface area contributed by atoms with Gasteiger partial charge in [-0.2, -0.15) is 0 Å². The van der Waals surface area contributed by atoms with Gasteiger partial charge in [-0.15, -0.1) is 0 Å². The van der Waals surface area contributed by atoms with Gasteiger partial charge in [0.15, 0.2) is 0 Å². The predicted molar refractivity (Wildman–Crippen MR) is 114 cm³/mol. The molecule has 2 aromatic rings. The first-order valence-corrected chi connectivity index (χ1v) is 11.1. The first-order valence-electron chi connectivity index (χ1n) is 9.57. The lowest BCUT2D eigenvalue weighted by molar-refractivity contribution is 0.0961. The van der Waals surface area contributed by atoms with Crippen molar-refractivity contribution in [2.45, 2.75) is 38.1 Å². The van der Waals surface area contributed by atoms with Crippen molar-refractivity contribution in [2.75, 3.05) is 17.6 Å². The van der Waals surface area contributed by atoms with Crippen molar-refractivity contribution < 1.29 is 9.53 Å². The number of amides is 1. The second-order valence-corrected chi connectivity index (χ2v) is 7.94. The standard InChI is InChI=1S/C21H24IN3O2/c22-14-24-21(26)17-5-7-20(23-13-17)27-19-6-4-15-8-10-25(18-2-1-3-18)11-9-16(15)12-19/h4-7,12-13,18H,1-3,8-11,14H2,(H,24,26). The molecule has 0 radical (unpaired) electrons. The Morgan fingerprint density at radius 2 is 2.00 bits per heavy atom. The molecule has 5 nitrogen and oxygen atoms in total. The number of nitrogens with zero attached hydrogens (tertiary/aromatic N) is 2. The monoisotopic (exact) mass is 477 g/mol. The molecule has 0 spiro atoms. The van der Waals surface area contributed by atoms with Gasteiger partial charge in [0.1, 0.15) is 5.75 Å². The Morgan fingerprint density at radius 1 is 1.19 bits per heavy atom. The number of carbonyl (C=O) groups is 1. The minimum Gasteiger partial charge on any atom is -0.439 e. The van der Waals surface area contributed by atoms with E-state index in [2.05, 4.69) is 49.9 Å². The highest BCUT2D eigenvalue weighted by Crippen LogP contribution is 2.29. The number of fused-ring (bicyclic) bond motifs is 1. The van der Waals surface area contributed by atoms with Crippen LogP contribution in [0.5, 0.6) is 11.6 Å². The van der Waals surface area contributed by atoms with Gasteiger partial charge in [0.2, 0.25) is 5.88 Å². The topological polar surface area (TPSA) is 54.5 Å². The molecule has 2 aliphatic rings. The van der Waals surface area contributed by atoms with Gasteiger partial charge < -0.3 is 10.1 Å². The van der Waals surface area contributed by atoms with Gasteiger partial charge in [-0.3, -0.25) is 9.69 Å². The van der Waals surface area contributed by atoms with Crippen LogP contribution in [-0.4, -0.2) is 39.5 Å². The van der Waals surface area contributed by atoms with E-state index in [1.54, 1.807) is 18.3 Å². The van der Waals surface area contributed by atoms with Crippen LogP contribution in [0.1, 0.15) is 40.7 Å². The largest absolute Gasteiger partial charge is 0.439 e. The minimum absolute atomic E-state index is 0.121. The molecule has 142 valence electrons. The third-order valence-corrected chi connectivity index (χ3v) is 5.94. The van der Waals surface area contributed by atoms with Crippen LogP contribution in [-0.2, 0) is 12.8 Å². The van der Waals surface area contributed by atoms with Crippen LogP contribution in [0.3, 0.4) is 0 Å². The maximum atomic E-state index is 11.8. The third kappa shape index (κ3) is 4.43. The number of nitrogens with one attached hydrogen (secondary N) is 1. The smallest absolute Gasteiger partial charge is 0.253 e. The summed E-state index contributed by atoms with van der Waals surface area (Å²) in [4.78, 5) is 18.7. The van der Waals surface area contributed by atoms with Crippen LogP contribution in [0, 0.1) is 0 Å². The normalized spacial score (nSPS) is 17.5. The summed E-state index contributed by atoms with van der Waals surface area (Å²) < 4.78 is 6.50. The first kappa shape index (κ1) is 18.7. The van der Waals surface area contributed by atoms with Gasteiger partial charge in [-0.05, 0) is 55.0 Å². The van der Waals surface area contributed by atoms with E-state index < -0.39 is 0 Å². The number of halogens is 1. The Labute approximate surface area is 173 Å². The second-order valence-electron chi connectivity index (χ2n) is 7.18. The van der Waals surface area contributed by atoms with Crippen molar-refractivity contribution in [3.63, 3.8) is 0 Å². The maximum absolute atomic E-state index is 11.8. The van der Waals surface area contributed by atoms with Gasteiger partial charge in [-0.25, -0.2) is 4.98 Å². The average Bonchev–Trinajstić information content (AvgIpc) is 2.84. The zero-order chi connectivity index (χ0) is 18.6. The van der Waals surface area contributed by atoms with Gasteiger partial charge in [0.05, 0.1) is 10.1 Å². The van der Waals surface area contributed by atoms with Crippen molar-refractivity contribution in [3.05, 3.63) is 53.2 Å². The van der Waals surface area contributed by atoms with Crippen molar-refractivity contribution in [2.24, 2.45) is 0 Å². The highest BCUT2D eigenvalue weighted by molar-refractivity contribution is 14.1. The third-order valence-electron chi connectivity index (χ3n) is 5.55. The quantitative estimate of drug-likeness (QED) is 0.403. The summed E-state index contributed by atoms with van der Waals surface area (Å²) in [6.07, 6.45) is 7.86. The van der Waals surface area contributed by atoms with Crippen molar-refractivity contribution in [1.29, 1.82) is 0 Å². The molecule has 0 saturated heterocycles. The first-order chi connectivity index (χ1) is 13.2. The summed E-state index contributed by atoms with van der Waals surface area (Å²) >= 11 is 2.10. The number of rotatable bonds is 5. The Hall–Kier alpha value is -1.67. The SMILES string of the molecule is O=C(NCI)c1ccc(Oc2ccc3c(c2)CCN(C2CCC2)CC3)nc1. The highest BCUT2D eigenvalue weighted by Gasteiger charge is 2.26. The Morgan fingerprint density at radius 3 is 2.67 bits per heavy atom. The molecule has 0 atom stereocenters. The summed E-state index contributed by atoms with van der Waals surface area (Å²) in [5, 5.41) is 2.75. The van der Waals surface area contributed by atoms with E-state index in [9.17, 15) is 4.79 Å². The number of carbonyl (C=O) groups excluding carboxylic acids is 1. The molecule has 6 heteroatoms. The lowest BCUT2D eigenvalue weighted by atomic mass is 9.91. The number of pyridine rings is 1. The molecule has 1 saturated carbocycles. The minimum atomic E-state index is -0.121. The lowest BCUT2D eigenvalue weighted by Crippen LogP contribution is -2.41. The molecule has 0 unspecified atom stereocenters.